The molecule has 2 rings (SSSR count). The average Bonchev–Trinajstić information content (AvgIpc) is 2.98. The SMILES string of the molecule is COC(=O)[C@H]1C[C@H]1c1ccccn1. The smallest absolute Gasteiger partial charge is 0.309 e. The molecule has 1 saturated carbocycles. The predicted octanol–water partition coefficient (Wildman–Crippen LogP) is 1.36. The van der Waals surface area contributed by atoms with Crippen molar-refractivity contribution in [1.29, 1.82) is 0 Å². The highest BCUT2D eigenvalue weighted by Crippen LogP contribution is 2.47. The van der Waals surface area contributed by atoms with Crippen molar-refractivity contribution in [3.8, 4) is 0 Å². The molecule has 0 N–H and O–H groups in total. The Balaban J connectivity index is 2.04. The lowest BCUT2D eigenvalue weighted by Crippen LogP contribution is -2.04. The van der Waals surface area contributed by atoms with Crippen molar-refractivity contribution in [3.05, 3.63) is 30.1 Å². The summed E-state index contributed by atoms with van der Waals surface area (Å²) < 4.78 is 4.66. The van der Waals surface area contributed by atoms with E-state index >= 15 is 0 Å². The van der Waals surface area contributed by atoms with Crippen LogP contribution < -0.4 is 0 Å². The van der Waals surface area contributed by atoms with Gasteiger partial charge in [0.2, 0.25) is 0 Å². The number of ether oxygens (including phenoxy) is 1. The Hall–Kier alpha value is -1.38. The molecule has 0 aromatic carbocycles. The van der Waals surface area contributed by atoms with E-state index in [1.54, 1.807) is 6.20 Å². The Morgan fingerprint density at radius 2 is 2.46 bits per heavy atom. The molecule has 3 nitrogen and oxygen atoms in total. The quantitative estimate of drug-likeness (QED) is 0.640. The summed E-state index contributed by atoms with van der Waals surface area (Å²) in [6.07, 6.45) is 2.63. The average molecular weight is 177 g/mol. The normalized spacial score (nSPS) is 25.3. The van der Waals surface area contributed by atoms with Gasteiger partial charge in [0.1, 0.15) is 0 Å². The van der Waals surface area contributed by atoms with Gasteiger partial charge in [-0.25, -0.2) is 0 Å². The Kier molecular flexibility index (Phi) is 2.00. The second kappa shape index (κ2) is 3.17. The van der Waals surface area contributed by atoms with Gasteiger partial charge < -0.3 is 4.74 Å². The van der Waals surface area contributed by atoms with Gasteiger partial charge in [-0.05, 0) is 18.6 Å². The first-order chi connectivity index (χ1) is 6.33. The molecule has 0 bridgehead atoms. The molecule has 0 saturated heterocycles. The van der Waals surface area contributed by atoms with E-state index in [-0.39, 0.29) is 17.8 Å². The molecular weight excluding hydrogens is 166 g/mol. The maximum Gasteiger partial charge on any atom is 0.309 e. The van der Waals surface area contributed by atoms with E-state index in [0.717, 1.165) is 12.1 Å². The maximum atomic E-state index is 11.1. The van der Waals surface area contributed by atoms with Crippen molar-refractivity contribution in [3.63, 3.8) is 0 Å². The molecule has 68 valence electrons. The monoisotopic (exact) mass is 177 g/mol. The topological polar surface area (TPSA) is 39.2 Å². The van der Waals surface area contributed by atoms with Crippen molar-refractivity contribution in [1.82, 2.24) is 4.98 Å². The van der Waals surface area contributed by atoms with Crippen LogP contribution in [0.5, 0.6) is 0 Å². The fourth-order valence-electron chi connectivity index (χ4n) is 1.53. The Morgan fingerprint density at radius 1 is 1.62 bits per heavy atom. The number of aromatic nitrogens is 1. The number of methoxy groups -OCH3 is 1. The zero-order valence-electron chi connectivity index (χ0n) is 7.43. The number of carbonyl (C=O) groups is 1. The first-order valence-electron chi connectivity index (χ1n) is 4.31. The fourth-order valence-corrected chi connectivity index (χ4v) is 1.53. The van der Waals surface area contributed by atoms with Gasteiger partial charge in [0.25, 0.3) is 0 Å². The number of hydrogen-bond donors (Lipinski definition) is 0. The lowest BCUT2D eigenvalue weighted by atomic mass is 10.2. The van der Waals surface area contributed by atoms with Gasteiger partial charge in [-0.1, -0.05) is 6.07 Å². The summed E-state index contributed by atoms with van der Waals surface area (Å²) in [7, 11) is 1.43. The highest BCUT2D eigenvalue weighted by Gasteiger charge is 2.45. The van der Waals surface area contributed by atoms with E-state index in [1.165, 1.54) is 7.11 Å². The van der Waals surface area contributed by atoms with Crippen LogP contribution in [0.25, 0.3) is 0 Å². The predicted molar refractivity (Wildman–Crippen MR) is 47.1 cm³/mol. The van der Waals surface area contributed by atoms with Crippen LogP contribution in [0, 0.1) is 5.92 Å². The summed E-state index contributed by atoms with van der Waals surface area (Å²) in [5.74, 6) is 0.212. The van der Waals surface area contributed by atoms with Gasteiger partial charge in [0.15, 0.2) is 0 Å². The number of carbonyl (C=O) groups excluding carboxylic acids is 1. The Bertz CT molecular complexity index is 310. The van der Waals surface area contributed by atoms with E-state index in [1.807, 2.05) is 18.2 Å². The van der Waals surface area contributed by atoms with Crippen LogP contribution in [-0.4, -0.2) is 18.1 Å². The Morgan fingerprint density at radius 3 is 3.08 bits per heavy atom. The first-order valence-corrected chi connectivity index (χ1v) is 4.31. The minimum Gasteiger partial charge on any atom is -0.469 e. The molecule has 0 spiro atoms. The molecule has 1 heterocycles. The highest BCUT2D eigenvalue weighted by molar-refractivity contribution is 5.77. The summed E-state index contributed by atoms with van der Waals surface area (Å²) in [6.45, 7) is 0. The van der Waals surface area contributed by atoms with Crippen molar-refractivity contribution >= 4 is 5.97 Å². The number of rotatable bonds is 2. The summed E-state index contributed by atoms with van der Waals surface area (Å²) in [4.78, 5) is 15.3. The van der Waals surface area contributed by atoms with Crippen LogP contribution >= 0.6 is 0 Å². The molecule has 13 heavy (non-hydrogen) atoms. The van der Waals surface area contributed by atoms with Crippen LogP contribution in [0.3, 0.4) is 0 Å². The van der Waals surface area contributed by atoms with E-state index in [2.05, 4.69) is 9.72 Å². The number of esters is 1. The number of nitrogens with zero attached hydrogens (tertiary/aromatic N) is 1. The molecule has 2 atom stereocenters. The van der Waals surface area contributed by atoms with Crippen LogP contribution in [0.4, 0.5) is 0 Å². The van der Waals surface area contributed by atoms with E-state index in [4.69, 9.17) is 0 Å². The minimum absolute atomic E-state index is 0.0416. The third-order valence-corrected chi connectivity index (χ3v) is 2.36. The second-order valence-corrected chi connectivity index (χ2v) is 3.23. The van der Waals surface area contributed by atoms with Gasteiger partial charge in [0.05, 0.1) is 13.0 Å². The third kappa shape index (κ3) is 1.54. The van der Waals surface area contributed by atoms with Crippen molar-refractivity contribution in [2.24, 2.45) is 5.92 Å². The summed E-state index contributed by atoms with van der Waals surface area (Å²) in [6, 6.07) is 5.77. The van der Waals surface area contributed by atoms with Crippen LogP contribution in [0.1, 0.15) is 18.0 Å². The largest absolute Gasteiger partial charge is 0.469 e. The second-order valence-electron chi connectivity index (χ2n) is 3.23. The lowest BCUT2D eigenvalue weighted by molar-refractivity contribution is -0.142. The molecule has 0 aliphatic heterocycles. The minimum atomic E-state index is -0.115. The summed E-state index contributed by atoms with van der Waals surface area (Å²) >= 11 is 0. The van der Waals surface area contributed by atoms with E-state index in [0.29, 0.717) is 0 Å². The fraction of sp³-hybridized carbons (Fsp3) is 0.400. The zero-order valence-corrected chi connectivity index (χ0v) is 7.43. The Labute approximate surface area is 76.7 Å². The molecule has 1 fully saturated rings. The molecule has 0 amide bonds. The first kappa shape index (κ1) is 8.23. The van der Waals surface area contributed by atoms with Crippen molar-refractivity contribution in [2.45, 2.75) is 12.3 Å². The third-order valence-electron chi connectivity index (χ3n) is 2.36. The maximum absolute atomic E-state index is 11.1. The van der Waals surface area contributed by atoms with Gasteiger partial charge in [0, 0.05) is 17.8 Å². The summed E-state index contributed by atoms with van der Waals surface area (Å²) in [5.41, 5.74) is 0.998. The molecule has 1 aromatic rings. The molecule has 1 aromatic heterocycles. The van der Waals surface area contributed by atoms with Crippen LogP contribution in [-0.2, 0) is 9.53 Å². The van der Waals surface area contributed by atoms with Crippen LogP contribution in [0.2, 0.25) is 0 Å². The van der Waals surface area contributed by atoms with Crippen LogP contribution in [0.15, 0.2) is 24.4 Å². The molecule has 1 aliphatic rings. The highest BCUT2D eigenvalue weighted by atomic mass is 16.5. The molecule has 3 heteroatoms. The molecule has 1 aliphatic carbocycles. The van der Waals surface area contributed by atoms with E-state index in [9.17, 15) is 4.79 Å². The number of pyridine rings is 1. The molecule has 0 radical (unpaired) electrons. The lowest BCUT2D eigenvalue weighted by Gasteiger charge is -1.97. The zero-order chi connectivity index (χ0) is 9.26. The molecule has 0 unspecified atom stereocenters. The van der Waals surface area contributed by atoms with Gasteiger partial charge >= 0.3 is 5.97 Å². The van der Waals surface area contributed by atoms with Crippen molar-refractivity contribution < 1.29 is 9.53 Å². The number of hydrogen-bond acceptors (Lipinski definition) is 3. The van der Waals surface area contributed by atoms with Gasteiger partial charge in [-0.15, -0.1) is 0 Å². The van der Waals surface area contributed by atoms with Gasteiger partial charge in [-0.2, -0.15) is 0 Å². The van der Waals surface area contributed by atoms with Crippen molar-refractivity contribution in [2.75, 3.05) is 7.11 Å². The summed E-state index contributed by atoms with van der Waals surface area (Å²) in [5, 5.41) is 0. The van der Waals surface area contributed by atoms with E-state index < -0.39 is 0 Å². The molecular formula is C10H11NO2. The van der Waals surface area contributed by atoms with Gasteiger partial charge in [-0.3, -0.25) is 9.78 Å². The standard InChI is InChI=1S/C10H11NO2/c1-13-10(12)8-6-7(8)9-4-2-3-5-11-9/h2-5,7-8H,6H2,1H3/t7-,8+/m1/s1.